The molecule has 0 aliphatic heterocycles. The molecule has 0 aliphatic carbocycles. The maximum atomic E-state index is 5.20. The van der Waals surface area contributed by atoms with Crippen LogP contribution in [0.5, 0.6) is 5.75 Å². The Morgan fingerprint density at radius 1 is 1.24 bits per heavy atom. The molecule has 1 aromatic heterocycles. The Labute approximate surface area is 167 Å². The van der Waals surface area contributed by atoms with Crippen molar-refractivity contribution in [2.24, 2.45) is 4.99 Å². The number of aliphatic imine (C=N–C) groups is 1. The fourth-order valence-electron chi connectivity index (χ4n) is 2.45. The third kappa shape index (κ3) is 7.33. The van der Waals surface area contributed by atoms with Gasteiger partial charge in [0.2, 0.25) is 0 Å². The van der Waals surface area contributed by atoms with Crippen LogP contribution in [0.1, 0.15) is 24.8 Å². The van der Waals surface area contributed by atoms with E-state index in [-0.39, 0.29) is 24.0 Å². The Bertz CT molecular complexity index is 613. The van der Waals surface area contributed by atoms with E-state index in [9.17, 15) is 0 Å². The summed E-state index contributed by atoms with van der Waals surface area (Å²) in [6.07, 6.45) is 4.77. The van der Waals surface area contributed by atoms with Gasteiger partial charge < -0.3 is 15.4 Å². The van der Waals surface area contributed by atoms with Crippen LogP contribution in [0.25, 0.3) is 0 Å². The van der Waals surface area contributed by atoms with Gasteiger partial charge in [0.1, 0.15) is 5.75 Å². The number of ether oxygens (including phenoxy) is 1. The lowest BCUT2D eigenvalue weighted by Crippen LogP contribution is -2.39. The number of hydrogen-bond donors (Lipinski definition) is 2. The van der Waals surface area contributed by atoms with Gasteiger partial charge in [-0.2, -0.15) is 5.10 Å². The van der Waals surface area contributed by atoms with Crippen molar-refractivity contribution in [1.82, 2.24) is 20.4 Å². The molecule has 0 fully saturated rings. The maximum absolute atomic E-state index is 5.20. The average molecular weight is 457 g/mol. The Morgan fingerprint density at radius 2 is 1.96 bits per heavy atom. The first-order valence-corrected chi connectivity index (χ1v) is 8.29. The van der Waals surface area contributed by atoms with Crippen LogP contribution in [0, 0.1) is 0 Å². The second-order valence-corrected chi connectivity index (χ2v) is 5.66. The number of guanidine groups is 1. The van der Waals surface area contributed by atoms with Gasteiger partial charge in [-0.15, -0.1) is 24.0 Å². The molecule has 2 rings (SSSR count). The smallest absolute Gasteiger partial charge is 0.191 e. The van der Waals surface area contributed by atoms with Gasteiger partial charge in [-0.05, 0) is 36.1 Å². The van der Waals surface area contributed by atoms with E-state index in [0.717, 1.165) is 37.8 Å². The topological polar surface area (TPSA) is 63.5 Å². The Morgan fingerprint density at radius 3 is 2.56 bits per heavy atom. The highest BCUT2D eigenvalue weighted by atomic mass is 127. The van der Waals surface area contributed by atoms with Crippen LogP contribution in [0.2, 0.25) is 0 Å². The number of methoxy groups -OCH3 is 1. The van der Waals surface area contributed by atoms with Gasteiger partial charge in [0.25, 0.3) is 0 Å². The van der Waals surface area contributed by atoms with Gasteiger partial charge in [0, 0.05) is 32.5 Å². The molecular weight excluding hydrogens is 429 g/mol. The number of rotatable bonds is 8. The summed E-state index contributed by atoms with van der Waals surface area (Å²) in [5, 5.41) is 10.8. The first-order chi connectivity index (χ1) is 11.7. The van der Waals surface area contributed by atoms with Gasteiger partial charge in [-0.3, -0.25) is 9.67 Å². The molecule has 7 heteroatoms. The summed E-state index contributed by atoms with van der Waals surface area (Å²) in [5.41, 5.74) is 1.32. The van der Waals surface area contributed by atoms with E-state index >= 15 is 0 Å². The summed E-state index contributed by atoms with van der Waals surface area (Å²) < 4.78 is 7.09. The molecule has 1 atom stereocenters. The molecule has 0 amide bonds. The lowest BCUT2D eigenvalue weighted by Gasteiger charge is -2.15. The number of aromatic nitrogens is 2. The second-order valence-electron chi connectivity index (χ2n) is 5.66. The zero-order valence-corrected chi connectivity index (χ0v) is 17.4. The molecule has 1 aromatic carbocycles. The summed E-state index contributed by atoms with van der Waals surface area (Å²) in [5.74, 6) is 2.19. The number of nitrogens with zero attached hydrogens (tertiary/aromatic N) is 3. The summed E-state index contributed by atoms with van der Waals surface area (Å²) in [6.45, 7) is 4.71. The predicted octanol–water partition coefficient (Wildman–Crippen LogP) is 2.87. The minimum absolute atomic E-state index is 0. The highest BCUT2D eigenvalue weighted by Gasteiger charge is 2.06. The van der Waals surface area contributed by atoms with Crippen LogP contribution >= 0.6 is 24.0 Å². The molecule has 2 N–H and O–H groups in total. The van der Waals surface area contributed by atoms with Crippen LogP contribution in [0.4, 0.5) is 0 Å². The third-order valence-electron chi connectivity index (χ3n) is 3.97. The van der Waals surface area contributed by atoms with Gasteiger partial charge in [0.05, 0.1) is 13.7 Å². The fourth-order valence-corrected chi connectivity index (χ4v) is 2.45. The van der Waals surface area contributed by atoms with Crippen molar-refractivity contribution in [2.45, 2.75) is 25.8 Å². The minimum atomic E-state index is 0. The first-order valence-electron chi connectivity index (χ1n) is 8.29. The molecule has 0 saturated carbocycles. The van der Waals surface area contributed by atoms with Crippen LogP contribution in [-0.2, 0) is 6.54 Å². The van der Waals surface area contributed by atoms with Crippen molar-refractivity contribution >= 4 is 29.9 Å². The Balaban J connectivity index is 0.00000312. The van der Waals surface area contributed by atoms with Crippen LogP contribution in [0.15, 0.2) is 47.7 Å². The van der Waals surface area contributed by atoms with Crippen molar-refractivity contribution in [3.05, 3.63) is 48.3 Å². The van der Waals surface area contributed by atoms with Crippen molar-refractivity contribution < 1.29 is 4.74 Å². The van der Waals surface area contributed by atoms with E-state index in [1.807, 2.05) is 29.1 Å². The lowest BCUT2D eigenvalue weighted by atomic mass is 9.98. The van der Waals surface area contributed by atoms with E-state index in [0.29, 0.717) is 5.92 Å². The summed E-state index contributed by atoms with van der Waals surface area (Å²) in [6, 6.07) is 10.2. The SMILES string of the molecule is CN=C(NCCC(C)c1ccc(OC)cc1)NCCn1cccn1.I. The summed E-state index contributed by atoms with van der Waals surface area (Å²) >= 11 is 0. The van der Waals surface area contributed by atoms with Crippen LogP contribution in [-0.4, -0.2) is 43.0 Å². The fraction of sp³-hybridized carbons (Fsp3) is 0.444. The highest BCUT2D eigenvalue weighted by Crippen LogP contribution is 2.21. The van der Waals surface area contributed by atoms with E-state index in [2.05, 4.69) is 39.8 Å². The normalized spacial score (nSPS) is 12.2. The zero-order valence-electron chi connectivity index (χ0n) is 15.1. The summed E-state index contributed by atoms with van der Waals surface area (Å²) in [4.78, 5) is 4.25. The first kappa shape index (κ1) is 21.3. The number of halogens is 1. The minimum Gasteiger partial charge on any atom is -0.497 e. The molecule has 6 nitrogen and oxygen atoms in total. The molecule has 0 bridgehead atoms. The quantitative estimate of drug-likeness (QED) is 0.364. The molecule has 0 radical (unpaired) electrons. The van der Waals surface area contributed by atoms with E-state index < -0.39 is 0 Å². The Kier molecular flexibility index (Phi) is 9.98. The maximum Gasteiger partial charge on any atom is 0.191 e. The number of nitrogens with one attached hydrogen (secondary N) is 2. The van der Waals surface area contributed by atoms with Gasteiger partial charge in [0.15, 0.2) is 5.96 Å². The average Bonchev–Trinajstić information content (AvgIpc) is 3.13. The monoisotopic (exact) mass is 457 g/mol. The van der Waals surface area contributed by atoms with E-state index in [1.165, 1.54) is 5.56 Å². The van der Waals surface area contributed by atoms with Gasteiger partial charge in [-0.25, -0.2) is 0 Å². The van der Waals surface area contributed by atoms with Crippen molar-refractivity contribution in [2.75, 3.05) is 27.2 Å². The number of hydrogen-bond acceptors (Lipinski definition) is 3. The predicted molar refractivity (Wildman–Crippen MR) is 113 cm³/mol. The molecule has 25 heavy (non-hydrogen) atoms. The molecule has 0 saturated heterocycles. The standard InChI is InChI=1S/C18H27N5O.HI/c1-15(16-5-7-17(24-3)8-6-16)9-11-20-18(19-2)21-12-14-23-13-4-10-22-23;/h4-8,10,13,15H,9,11-12,14H2,1-3H3,(H2,19,20,21);1H. The largest absolute Gasteiger partial charge is 0.497 e. The van der Waals surface area contributed by atoms with Crippen molar-refractivity contribution in [3.63, 3.8) is 0 Å². The van der Waals surface area contributed by atoms with E-state index in [4.69, 9.17) is 4.74 Å². The molecule has 2 aromatic rings. The molecular formula is C18H28IN5O. The van der Waals surface area contributed by atoms with Crippen LogP contribution in [0.3, 0.4) is 0 Å². The molecule has 138 valence electrons. The van der Waals surface area contributed by atoms with Crippen molar-refractivity contribution in [1.29, 1.82) is 0 Å². The van der Waals surface area contributed by atoms with E-state index in [1.54, 1.807) is 20.4 Å². The zero-order chi connectivity index (χ0) is 17.2. The second kappa shape index (κ2) is 11.7. The van der Waals surface area contributed by atoms with Crippen LogP contribution < -0.4 is 15.4 Å². The third-order valence-corrected chi connectivity index (χ3v) is 3.97. The van der Waals surface area contributed by atoms with Crippen molar-refractivity contribution in [3.8, 4) is 5.75 Å². The van der Waals surface area contributed by atoms with Gasteiger partial charge in [-0.1, -0.05) is 19.1 Å². The molecule has 0 aliphatic rings. The molecule has 0 spiro atoms. The number of benzene rings is 1. The highest BCUT2D eigenvalue weighted by molar-refractivity contribution is 14.0. The summed E-state index contributed by atoms with van der Waals surface area (Å²) in [7, 11) is 3.48. The molecule has 1 heterocycles. The lowest BCUT2D eigenvalue weighted by molar-refractivity contribution is 0.414. The molecule has 1 unspecified atom stereocenters. The Hall–Kier alpha value is -1.77. The van der Waals surface area contributed by atoms with Gasteiger partial charge >= 0.3 is 0 Å².